The molecule has 4 aromatic rings. The van der Waals surface area contributed by atoms with Gasteiger partial charge in [-0.25, -0.2) is 9.97 Å². The fourth-order valence-electron chi connectivity index (χ4n) is 2.85. The van der Waals surface area contributed by atoms with Gasteiger partial charge < -0.3 is 9.26 Å². The van der Waals surface area contributed by atoms with Crippen LogP contribution in [0, 0.1) is 6.92 Å². The van der Waals surface area contributed by atoms with Crippen LogP contribution in [-0.2, 0) is 6.61 Å². The minimum atomic E-state index is 0.153. The Kier molecular flexibility index (Phi) is 5.85. The van der Waals surface area contributed by atoms with Crippen LogP contribution in [0.25, 0.3) is 22.6 Å². The standard InChI is InChI=1S/C21H14BrCl2N3O2/c1-12-7-8-15(23)18(19(12)24)20-14(11-28-17-10-25-16(22)9-26-17)21(29-27-20)13-5-3-2-4-6-13/h2-10H,11H2,1H3. The Labute approximate surface area is 185 Å². The fraction of sp³-hybridized carbons (Fsp3) is 0.0952. The summed E-state index contributed by atoms with van der Waals surface area (Å²) in [6, 6.07) is 13.3. The molecule has 5 nitrogen and oxygen atoms in total. The van der Waals surface area contributed by atoms with Crippen molar-refractivity contribution in [2.24, 2.45) is 0 Å². The van der Waals surface area contributed by atoms with Gasteiger partial charge in [0.1, 0.15) is 16.9 Å². The number of halogens is 3. The van der Waals surface area contributed by atoms with Crippen LogP contribution in [0.3, 0.4) is 0 Å². The molecule has 0 aliphatic rings. The van der Waals surface area contributed by atoms with Gasteiger partial charge in [-0.1, -0.05) is 64.8 Å². The molecule has 0 unspecified atom stereocenters. The van der Waals surface area contributed by atoms with Gasteiger partial charge in [0.15, 0.2) is 5.76 Å². The summed E-state index contributed by atoms with van der Waals surface area (Å²) in [7, 11) is 0. The van der Waals surface area contributed by atoms with Gasteiger partial charge in [0.05, 0.1) is 28.0 Å². The molecule has 0 bridgehead atoms. The Balaban J connectivity index is 1.81. The molecule has 0 aliphatic carbocycles. The van der Waals surface area contributed by atoms with E-state index in [1.807, 2.05) is 43.3 Å². The second-order valence-corrected chi connectivity index (χ2v) is 7.82. The molecule has 0 fully saturated rings. The molecule has 0 N–H and O–H groups in total. The van der Waals surface area contributed by atoms with Gasteiger partial charge in [0, 0.05) is 11.1 Å². The van der Waals surface area contributed by atoms with Crippen LogP contribution in [0.4, 0.5) is 0 Å². The van der Waals surface area contributed by atoms with E-state index < -0.39 is 0 Å². The highest BCUT2D eigenvalue weighted by molar-refractivity contribution is 9.10. The lowest BCUT2D eigenvalue weighted by atomic mass is 10.0. The second-order valence-electron chi connectivity index (χ2n) is 6.22. The summed E-state index contributed by atoms with van der Waals surface area (Å²) < 4.78 is 12.2. The third kappa shape index (κ3) is 4.15. The first kappa shape index (κ1) is 19.9. The lowest BCUT2D eigenvalue weighted by Crippen LogP contribution is -2.01. The van der Waals surface area contributed by atoms with Crippen LogP contribution >= 0.6 is 39.1 Å². The molecule has 2 aromatic carbocycles. The van der Waals surface area contributed by atoms with Crippen LogP contribution in [0.1, 0.15) is 11.1 Å². The number of ether oxygens (including phenoxy) is 1. The van der Waals surface area contributed by atoms with Crippen LogP contribution in [0.5, 0.6) is 5.88 Å². The van der Waals surface area contributed by atoms with Crippen molar-refractivity contribution in [3.05, 3.63) is 80.6 Å². The van der Waals surface area contributed by atoms with Gasteiger partial charge in [-0.05, 0) is 34.5 Å². The molecule has 0 spiro atoms. The third-order valence-electron chi connectivity index (χ3n) is 4.31. The summed E-state index contributed by atoms with van der Waals surface area (Å²) in [5, 5.41) is 5.29. The van der Waals surface area contributed by atoms with Crippen LogP contribution in [-0.4, -0.2) is 15.1 Å². The average molecular weight is 491 g/mol. The van der Waals surface area contributed by atoms with Crippen molar-refractivity contribution in [1.29, 1.82) is 0 Å². The minimum Gasteiger partial charge on any atom is -0.471 e. The molecule has 29 heavy (non-hydrogen) atoms. The van der Waals surface area contributed by atoms with Gasteiger partial charge in [-0.3, -0.25) is 0 Å². The molecule has 4 rings (SSSR count). The zero-order valence-electron chi connectivity index (χ0n) is 15.2. The number of hydrogen-bond donors (Lipinski definition) is 0. The summed E-state index contributed by atoms with van der Waals surface area (Å²) in [5.41, 5.74) is 3.62. The van der Waals surface area contributed by atoms with Gasteiger partial charge in [-0.15, -0.1) is 0 Å². The molecule has 0 amide bonds. The first-order valence-electron chi connectivity index (χ1n) is 8.64. The van der Waals surface area contributed by atoms with Crippen molar-refractivity contribution >= 4 is 39.1 Å². The molecular formula is C21H14BrCl2N3O2. The molecule has 0 aliphatic heterocycles. The lowest BCUT2D eigenvalue weighted by Gasteiger charge is -2.10. The Morgan fingerprint density at radius 3 is 2.55 bits per heavy atom. The Morgan fingerprint density at radius 1 is 1.03 bits per heavy atom. The quantitative estimate of drug-likeness (QED) is 0.309. The van der Waals surface area contributed by atoms with E-state index in [1.54, 1.807) is 12.3 Å². The highest BCUT2D eigenvalue weighted by Crippen LogP contribution is 2.41. The van der Waals surface area contributed by atoms with Crippen LogP contribution in [0.15, 0.2) is 64.0 Å². The fourth-order valence-corrected chi connectivity index (χ4v) is 3.61. The summed E-state index contributed by atoms with van der Waals surface area (Å²) in [5.74, 6) is 0.958. The average Bonchev–Trinajstić information content (AvgIpc) is 3.15. The summed E-state index contributed by atoms with van der Waals surface area (Å²) in [4.78, 5) is 8.32. The van der Waals surface area contributed by atoms with Gasteiger partial charge in [-0.2, -0.15) is 0 Å². The molecule has 8 heteroatoms. The van der Waals surface area contributed by atoms with Gasteiger partial charge in [0.25, 0.3) is 0 Å². The smallest absolute Gasteiger partial charge is 0.232 e. The third-order valence-corrected chi connectivity index (χ3v) is 5.52. The first-order chi connectivity index (χ1) is 14.0. The maximum Gasteiger partial charge on any atom is 0.232 e. The van der Waals surface area contributed by atoms with E-state index >= 15 is 0 Å². The van der Waals surface area contributed by atoms with Crippen molar-refractivity contribution in [3.63, 3.8) is 0 Å². The number of rotatable bonds is 5. The van der Waals surface area contributed by atoms with Crippen LogP contribution in [0.2, 0.25) is 10.0 Å². The molecule has 0 atom stereocenters. The zero-order valence-corrected chi connectivity index (χ0v) is 18.3. The monoisotopic (exact) mass is 489 g/mol. The highest BCUT2D eigenvalue weighted by atomic mass is 79.9. The van der Waals surface area contributed by atoms with E-state index in [-0.39, 0.29) is 6.61 Å². The van der Waals surface area contributed by atoms with Crippen molar-refractivity contribution in [2.45, 2.75) is 13.5 Å². The predicted molar refractivity (Wildman–Crippen MR) is 116 cm³/mol. The van der Waals surface area contributed by atoms with Crippen molar-refractivity contribution in [1.82, 2.24) is 15.1 Å². The number of aryl methyl sites for hydroxylation is 1. The van der Waals surface area contributed by atoms with Gasteiger partial charge >= 0.3 is 0 Å². The van der Waals surface area contributed by atoms with E-state index in [1.165, 1.54) is 6.20 Å². The predicted octanol–water partition coefficient (Wildman–Crippen LogP) is 6.76. The largest absolute Gasteiger partial charge is 0.471 e. The second kappa shape index (κ2) is 8.53. The van der Waals surface area contributed by atoms with Crippen molar-refractivity contribution in [3.8, 4) is 28.5 Å². The molecule has 0 saturated heterocycles. The van der Waals surface area contributed by atoms with Gasteiger partial charge in [0.2, 0.25) is 5.88 Å². The van der Waals surface area contributed by atoms with E-state index in [2.05, 4.69) is 31.1 Å². The maximum atomic E-state index is 6.56. The topological polar surface area (TPSA) is 61.0 Å². The van der Waals surface area contributed by atoms with E-state index in [4.69, 9.17) is 32.5 Å². The Bertz CT molecular complexity index is 1150. The number of nitrogens with zero attached hydrogens (tertiary/aromatic N) is 3. The molecule has 0 saturated carbocycles. The maximum absolute atomic E-state index is 6.56. The first-order valence-corrected chi connectivity index (χ1v) is 10.2. The molecule has 2 heterocycles. The number of benzene rings is 2. The molecule has 2 aromatic heterocycles. The molecule has 146 valence electrons. The number of aromatic nitrogens is 3. The number of hydrogen-bond acceptors (Lipinski definition) is 5. The van der Waals surface area contributed by atoms with E-state index in [9.17, 15) is 0 Å². The molecular weight excluding hydrogens is 477 g/mol. The van der Waals surface area contributed by atoms with Crippen LogP contribution < -0.4 is 4.74 Å². The lowest BCUT2D eigenvalue weighted by molar-refractivity contribution is 0.292. The van der Waals surface area contributed by atoms with E-state index in [0.29, 0.717) is 37.5 Å². The highest BCUT2D eigenvalue weighted by Gasteiger charge is 2.24. The summed E-state index contributed by atoms with van der Waals surface area (Å²) in [6.07, 6.45) is 3.10. The SMILES string of the molecule is Cc1ccc(Cl)c(-c2noc(-c3ccccc3)c2COc2cnc(Br)cn2)c1Cl. The van der Waals surface area contributed by atoms with Crippen molar-refractivity contribution < 1.29 is 9.26 Å². The van der Waals surface area contributed by atoms with Crippen molar-refractivity contribution in [2.75, 3.05) is 0 Å². The normalized spacial score (nSPS) is 10.9. The van der Waals surface area contributed by atoms with E-state index in [0.717, 1.165) is 16.7 Å². The summed E-state index contributed by atoms with van der Waals surface area (Å²) >= 11 is 16.3. The Hall–Kier alpha value is -2.41. The molecule has 0 radical (unpaired) electrons. The minimum absolute atomic E-state index is 0.153. The Morgan fingerprint density at radius 2 is 1.83 bits per heavy atom. The summed E-state index contributed by atoms with van der Waals surface area (Å²) in [6.45, 7) is 2.06. The zero-order chi connectivity index (χ0) is 20.4.